The molecule has 0 aromatic heterocycles. The summed E-state index contributed by atoms with van der Waals surface area (Å²) in [5.41, 5.74) is 0.278. The van der Waals surface area contributed by atoms with E-state index in [1.807, 2.05) is 0 Å². The van der Waals surface area contributed by atoms with Crippen molar-refractivity contribution in [2.24, 2.45) is 27.6 Å². The summed E-state index contributed by atoms with van der Waals surface area (Å²) >= 11 is 0. The highest BCUT2D eigenvalue weighted by Crippen LogP contribution is 2.50. The molecule has 2 nitrogen and oxygen atoms in total. The molecule has 0 aliphatic heterocycles. The van der Waals surface area contributed by atoms with Gasteiger partial charge in [0.15, 0.2) is 6.29 Å². The Kier molecular flexibility index (Phi) is 6.65. The van der Waals surface area contributed by atoms with E-state index in [9.17, 15) is 5.11 Å². The van der Waals surface area contributed by atoms with E-state index >= 15 is 0 Å². The molecule has 24 heavy (non-hydrogen) atoms. The second-order valence-corrected chi connectivity index (χ2v) is 11.7. The number of hydrogen-bond donors (Lipinski definition) is 1. The van der Waals surface area contributed by atoms with Crippen molar-refractivity contribution in [1.82, 2.24) is 0 Å². The van der Waals surface area contributed by atoms with Gasteiger partial charge in [0.25, 0.3) is 0 Å². The predicted molar refractivity (Wildman–Crippen MR) is 104 cm³/mol. The normalized spacial score (nSPS) is 27.6. The molecule has 0 aromatic carbocycles. The molecule has 0 aromatic rings. The van der Waals surface area contributed by atoms with Crippen molar-refractivity contribution in [3.05, 3.63) is 0 Å². The van der Waals surface area contributed by atoms with E-state index in [4.69, 9.17) is 4.74 Å². The molecule has 0 saturated heterocycles. The van der Waals surface area contributed by atoms with Gasteiger partial charge in [0.1, 0.15) is 0 Å². The summed E-state index contributed by atoms with van der Waals surface area (Å²) in [6.45, 7) is 22.6. The van der Waals surface area contributed by atoms with Gasteiger partial charge in [-0.2, -0.15) is 0 Å². The van der Waals surface area contributed by atoms with Gasteiger partial charge in [0.05, 0.1) is 6.10 Å². The zero-order chi connectivity index (χ0) is 19.0. The largest absolute Gasteiger partial charge is 0.367 e. The fourth-order valence-corrected chi connectivity index (χ4v) is 4.22. The van der Waals surface area contributed by atoms with E-state index in [1.165, 1.54) is 12.8 Å². The standard InChI is InChI=1S/C22H44O2/c1-19(2,3)15-22(10,21(7,8)9)18(23)24-17-13-11-16(12-14-17)20(4,5)6/h16-18,23H,11-15H2,1-10H3. The average Bonchev–Trinajstić information content (AvgIpc) is 2.34. The van der Waals surface area contributed by atoms with Gasteiger partial charge in [0.2, 0.25) is 0 Å². The van der Waals surface area contributed by atoms with Crippen LogP contribution in [-0.4, -0.2) is 17.5 Å². The first-order chi connectivity index (χ1) is 10.6. The number of ether oxygens (including phenoxy) is 1. The lowest BCUT2D eigenvalue weighted by Gasteiger charge is -2.49. The first-order valence-electron chi connectivity index (χ1n) is 9.90. The molecule has 0 radical (unpaired) electrons. The summed E-state index contributed by atoms with van der Waals surface area (Å²) < 4.78 is 6.25. The minimum Gasteiger partial charge on any atom is -0.367 e. The van der Waals surface area contributed by atoms with Crippen LogP contribution in [0.4, 0.5) is 0 Å². The highest BCUT2D eigenvalue weighted by atomic mass is 16.6. The van der Waals surface area contributed by atoms with Crippen molar-refractivity contribution in [1.29, 1.82) is 0 Å². The Labute approximate surface area is 151 Å². The van der Waals surface area contributed by atoms with Gasteiger partial charge < -0.3 is 9.84 Å². The van der Waals surface area contributed by atoms with Gasteiger partial charge in [-0.3, -0.25) is 0 Å². The molecular weight excluding hydrogens is 296 g/mol. The smallest absolute Gasteiger partial charge is 0.160 e. The van der Waals surface area contributed by atoms with Crippen LogP contribution in [0, 0.1) is 27.6 Å². The Morgan fingerprint density at radius 1 is 0.833 bits per heavy atom. The number of aliphatic hydroxyl groups excluding tert-OH is 1. The lowest BCUT2D eigenvalue weighted by molar-refractivity contribution is -0.238. The van der Waals surface area contributed by atoms with Crippen LogP contribution in [0.5, 0.6) is 0 Å². The zero-order valence-corrected chi connectivity index (χ0v) is 18.1. The van der Waals surface area contributed by atoms with Crippen LogP contribution >= 0.6 is 0 Å². The Morgan fingerprint density at radius 2 is 1.29 bits per heavy atom. The Bertz CT molecular complexity index is 386. The van der Waals surface area contributed by atoms with Crippen molar-refractivity contribution in [2.75, 3.05) is 0 Å². The number of rotatable bonds is 4. The topological polar surface area (TPSA) is 29.5 Å². The molecule has 1 saturated carbocycles. The van der Waals surface area contributed by atoms with Gasteiger partial charge in [0, 0.05) is 5.41 Å². The van der Waals surface area contributed by atoms with Gasteiger partial charge in [-0.25, -0.2) is 0 Å². The van der Waals surface area contributed by atoms with E-state index < -0.39 is 6.29 Å². The minimum absolute atomic E-state index is 0.0116. The molecule has 0 amide bonds. The lowest BCUT2D eigenvalue weighted by atomic mass is 9.61. The van der Waals surface area contributed by atoms with Crippen LogP contribution in [0.15, 0.2) is 0 Å². The summed E-state index contributed by atoms with van der Waals surface area (Å²) in [7, 11) is 0. The van der Waals surface area contributed by atoms with Crippen LogP contribution < -0.4 is 0 Å². The SMILES string of the molecule is CC(C)(C)CC(C)(C(O)OC1CCC(C(C)(C)C)CC1)C(C)(C)C. The Balaban J connectivity index is 2.75. The molecule has 1 fully saturated rings. The fourth-order valence-electron chi connectivity index (χ4n) is 4.22. The summed E-state index contributed by atoms with van der Waals surface area (Å²) in [6, 6.07) is 0. The molecule has 0 heterocycles. The van der Waals surface area contributed by atoms with Crippen molar-refractivity contribution in [3.63, 3.8) is 0 Å². The highest BCUT2D eigenvalue weighted by molar-refractivity contribution is 4.93. The predicted octanol–water partition coefficient (Wildman–Crippen LogP) is 6.41. The molecule has 0 bridgehead atoms. The van der Waals surface area contributed by atoms with E-state index in [2.05, 4.69) is 69.2 Å². The highest BCUT2D eigenvalue weighted by Gasteiger charge is 2.47. The first-order valence-corrected chi connectivity index (χ1v) is 9.90. The second kappa shape index (κ2) is 7.27. The maximum atomic E-state index is 11.0. The fraction of sp³-hybridized carbons (Fsp3) is 1.00. The monoisotopic (exact) mass is 340 g/mol. The molecule has 2 heteroatoms. The van der Waals surface area contributed by atoms with Gasteiger partial charge in [-0.05, 0) is 54.3 Å². The molecule has 1 aliphatic rings. The summed E-state index contributed by atoms with van der Waals surface area (Å²) in [6.07, 6.45) is 5.04. The van der Waals surface area contributed by atoms with E-state index in [-0.39, 0.29) is 22.3 Å². The van der Waals surface area contributed by atoms with Crippen LogP contribution in [0.2, 0.25) is 0 Å². The lowest BCUT2D eigenvalue weighted by Crippen LogP contribution is -2.48. The third kappa shape index (κ3) is 5.73. The molecule has 1 N–H and O–H groups in total. The molecule has 1 aliphatic carbocycles. The first kappa shape index (κ1) is 22.0. The molecule has 0 spiro atoms. The average molecular weight is 341 g/mol. The van der Waals surface area contributed by atoms with Crippen LogP contribution in [-0.2, 0) is 4.74 Å². The van der Waals surface area contributed by atoms with Crippen molar-refractivity contribution in [3.8, 4) is 0 Å². The van der Waals surface area contributed by atoms with Crippen LogP contribution in [0.3, 0.4) is 0 Å². The van der Waals surface area contributed by atoms with E-state index in [1.54, 1.807) is 0 Å². The zero-order valence-electron chi connectivity index (χ0n) is 18.1. The minimum atomic E-state index is -0.701. The molecule has 144 valence electrons. The third-order valence-corrected chi connectivity index (χ3v) is 6.38. The number of aliphatic hydroxyl groups is 1. The summed E-state index contributed by atoms with van der Waals surface area (Å²) in [5, 5.41) is 11.0. The van der Waals surface area contributed by atoms with Crippen molar-refractivity contribution < 1.29 is 9.84 Å². The Hall–Kier alpha value is -0.0800. The van der Waals surface area contributed by atoms with E-state index in [0.717, 1.165) is 25.2 Å². The maximum Gasteiger partial charge on any atom is 0.160 e. The number of hydrogen-bond acceptors (Lipinski definition) is 2. The maximum absolute atomic E-state index is 11.0. The molecule has 2 unspecified atom stereocenters. The molecule has 2 atom stereocenters. The quantitative estimate of drug-likeness (QED) is 0.599. The van der Waals surface area contributed by atoms with E-state index in [0.29, 0.717) is 5.41 Å². The van der Waals surface area contributed by atoms with Crippen molar-refractivity contribution >= 4 is 0 Å². The van der Waals surface area contributed by atoms with Gasteiger partial charge in [-0.15, -0.1) is 0 Å². The second-order valence-electron chi connectivity index (χ2n) is 11.7. The van der Waals surface area contributed by atoms with Crippen molar-refractivity contribution in [2.45, 2.75) is 114 Å². The third-order valence-electron chi connectivity index (χ3n) is 6.38. The van der Waals surface area contributed by atoms with Gasteiger partial charge in [-0.1, -0.05) is 69.2 Å². The Morgan fingerprint density at radius 3 is 1.62 bits per heavy atom. The van der Waals surface area contributed by atoms with Crippen LogP contribution in [0.25, 0.3) is 0 Å². The summed E-state index contributed by atoms with van der Waals surface area (Å²) in [4.78, 5) is 0. The van der Waals surface area contributed by atoms with Gasteiger partial charge >= 0.3 is 0 Å². The van der Waals surface area contributed by atoms with Crippen LogP contribution in [0.1, 0.15) is 101 Å². The summed E-state index contributed by atoms with van der Waals surface area (Å²) in [5.74, 6) is 0.776. The molecular formula is C22H44O2. The molecule has 1 rings (SSSR count).